The fraction of sp³-hybridized carbons (Fsp3) is 0.231. The number of carboxylic acids is 1. The number of aliphatic carboxylic acids is 1. The normalized spacial score (nSPS) is 12.3. The first-order chi connectivity index (χ1) is 8.58. The predicted molar refractivity (Wildman–Crippen MR) is 67.6 cm³/mol. The lowest BCUT2D eigenvalue weighted by Gasteiger charge is -2.09. The minimum Gasteiger partial charge on any atom is -0.480 e. The Balaban J connectivity index is 2.26. The molecule has 0 aliphatic heterocycles. The smallest absolute Gasteiger partial charge is 0.320 e. The lowest BCUT2D eigenvalue weighted by Crippen LogP contribution is -2.32. The molecule has 0 bridgehead atoms. The van der Waals surface area contributed by atoms with Crippen LogP contribution in [0.25, 0.3) is 5.69 Å². The van der Waals surface area contributed by atoms with Gasteiger partial charge in [0.05, 0.1) is 0 Å². The van der Waals surface area contributed by atoms with Crippen molar-refractivity contribution in [1.29, 1.82) is 0 Å². The van der Waals surface area contributed by atoms with Crippen molar-refractivity contribution < 1.29 is 9.90 Å². The number of carbonyl (C=O) groups is 1. The van der Waals surface area contributed by atoms with E-state index in [1.807, 2.05) is 42.0 Å². The fourth-order valence-electron chi connectivity index (χ4n) is 1.83. The topological polar surface area (TPSA) is 81.1 Å². The lowest BCUT2D eigenvalue weighted by molar-refractivity contribution is -0.138. The van der Waals surface area contributed by atoms with Crippen LogP contribution < -0.4 is 5.73 Å². The molecule has 0 unspecified atom stereocenters. The van der Waals surface area contributed by atoms with Crippen LogP contribution in [0.15, 0.2) is 36.7 Å². The van der Waals surface area contributed by atoms with Gasteiger partial charge in [0.2, 0.25) is 0 Å². The molecule has 0 aliphatic rings. The van der Waals surface area contributed by atoms with Crippen LogP contribution >= 0.6 is 0 Å². The van der Waals surface area contributed by atoms with E-state index in [-0.39, 0.29) is 0 Å². The van der Waals surface area contributed by atoms with E-state index in [2.05, 4.69) is 4.98 Å². The number of nitrogens with zero attached hydrogens (tertiary/aromatic N) is 2. The van der Waals surface area contributed by atoms with E-state index in [1.165, 1.54) is 0 Å². The molecule has 94 valence electrons. The summed E-state index contributed by atoms with van der Waals surface area (Å²) in [5, 5.41) is 8.80. The molecule has 0 saturated heterocycles. The van der Waals surface area contributed by atoms with Crippen LogP contribution in [0.3, 0.4) is 0 Å². The van der Waals surface area contributed by atoms with Crippen molar-refractivity contribution in [3.63, 3.8) is 0 Å². The summed E-state index contributed by atoms with van der Waals surface area (Å²) in [5.74, 6) is -0.103. The summed E-state index contributed by atoms with van der Waals surface area (Å²) in [7, 11) is 0. The Hall–Kier alpha value is -2.14. The van der Waals surface area contributed by atoms with Crippen LogP contribution in [-0.4, -0.2) is 26.7 Å². The number of hydrogen-bond donors (Lipinski definition) is 2. The molecule has 1 atom stereocenters. The van der Waals surface area contributed by atoms with Gasteiger partial charge >= 0.3 is 5.97 Å². The Morgan fingerprint density at radius 3 is 2.94 bits per heavy atom. The summed E-state index contributed by atoms with van der Waals surface area (Å²) >= 11 is 0. The van der Waals surface area contributed by atoms with Crippen LogP contribution in [0.4, 0.5) is 0 Å². The van der Waals surface area contributed by atoms with E-state index in [4.69, 9.17) is 10.8 Å². The molecule has 3 N–H and O–H groups in total. The minimum absolute atomic E-state index is 0.316. The van der Waals surface area contributed by atoms with Gasteiger partial charge in [-0.25, -0.2) is 4.98 Å². The second-order valence-corrected chi connectivity index (χ2v) is 4.16. The van der Waals surface area contributed by atoms with Gasteiger partial charge in [0.1, 0.15) is 11.9 Å². The van der Waals surface area contributed by atoms with Gasteiger partial charge in [0.15, 0.2) is 0 Å². The molecular formula is C13H15N3O2. The standard InChI is InChI=1S/C13H15N3O2/c1-9-15-5-6-16(9)11-4-2-3-10(7-11)8-12(14)13(17)18/h2-7,12H,8,14H2,1H3,(H,17,18)/t12-/m0/s1. The second kappa shape index (κ2) is 5.01. The van der Waals surface area contributed by atoms with Gasteiger partial charge in [-0.1, -0.05) is 12.1 Å². The molecule has 0 spiro atoms. The molecule has 2 aromatic rings. The Morgan fingerprint density at radius 1 is 1.56 bits per heavy atom. The van der Waals surface area contributed by atoms with Crippen LogP contribution in [0.2, 0.25) is 0 Å². The number of carboxylic acid groups (broad SMARTS) is 1. The molecule has 0 saturated carbocycles. The van der Waals surface area contributed by atoms with E-state index in [0.717, 1.165) is 17.1 Å². The number of rotatable bonds is 4. The third kappa shape index (κ3) is 2.57. The zero-order chi connectivity index (χ0) is 13.1. The quantitative estimate of drug-likeness (QED) is 0.846. The Morgan fingerprint density at radius 2 is 2.33 bits per heavy atom. The highest BCUT2D eigenvalue weighted by Crippen LogP contribution is 2.13. The molecule has 5 heteroatoms. The zero-order valence-electron chi connectivity index (χ0n) is 10.1. The van der Waals surface area contributed by atoms with Gasteiger partial charge < -0.3 is 15.4 Å². The fourth-order valence-corrected chi connectivity index (χ4v) is 1.83. The van der Waals surface area contributed by atoms with E-state index in [1.54, 1.807) is 6.20 Å². The Kier molecular flexibility index (Phi) is 3.43. The molecule has 0 fully saturated rings. The summed E-state index contributed by atoms with van der Waals surface area (Å²) in [6.45, 7) is 1.91. The maximum absolute atomic E-state index is 10.7. The third-order valence-electron chi connectivity index (χ3n) is 2.79. The molecule has 18 heavy (non-hydrogen) atoms. The first-order valence-electron chi connectivity index (χ1n) is 5.65. The molecule has 0 aliphatic carbocycles. The van der Waals surface area contributed by atoms with E-state index >= 15 is 0 Å². The average molecular weight is 245 g/mol. The van der Waals surface area contributed by atoms with Crippen molar-refractivity contribution in [2.75, 3.05) is 0 Å². The maximum atomic E-state index is 10.7. The van der Waals surface area contributed by atoms with Crippen molar-refractivity contribution in [3.05, 3.63) is 48.0 Å². The molecule has 5 nitrogen and oxygen atoms in total. The summed E-state index contributed by atoms with van der Waals surface area (Å²) in [6.07, 6.45) is 3.91. The molecule has 2 rings (SSSR count). The van der Waals surface area contributed by atoms with E-state index in [9.17, 15) is 4.79 Å². The number of benzene rings is 1. The molecule has 1 heterocycles. The van der Waals surface area contributed by atoms with Gasteiger partial charge in [-0.3, -0.25) is 4.79 Å². The van der Waals surface area contributed by atoms with Crippen LogP contribution in [0.1, 0.15) is 11.4 Å². The monoisotopic (exact) mass is 245 g/mol. The largest absolute Gasteiger partial charge is 0.480 e. The molecular weight excluding hydrogens is 230 g/mol. The highest BCUT2D eigenvalue weighted by atomic mass is 16.4. The van der Waals surface area contributed by atoms with Crippen LogP contribution in [0, 0.1) is 6.92 Å². The Bertz CT molecular complexity index is 563. The highest BCUT2D eigenvalue weighted by Gasteiger charge is 2.12. The maximum Gasteiger partial charge on any atom is 0.320 e. The SMILES string of the molecule is Cc1nccn1-c1cccc(C[C@H](N)C(=O)O)c1. The number of aryl methyl sites for hydroxylation is 1. The van der Waals surface area contributed by atoms with Gasteiger partial charge in [0.25, 0.3) is 0 Å². The van der Waals surface area contributed by atoms with Crippen molar-refractivity contribution in [2.45, 2.75) is 19.4 Å². The summed E-state index contributed by atoms with van der Waals surface area (Å²) < 4.78 is 1.94. The molecule has 1 aromatic heterocycles. The summed E-state index contributed by atoms with van der Waals surface area (Å²) in [5.41, 5.74) is 7.39. The first kappa shape index (κ1) is 12.3. The van der Waals surface area contributed by atoms with Crippen molar-refractivity contribution >= 4 is 5.97 Å². The van der Waals surface area contributed by atoms with E-state index < -0.39 is 12.0 Å². The van der Waals surface area contributed by atoms with Gasteiger partial charge in [-0.2, -0.15) is 0 Å². The van der Waals surface area contributed by atoms with Gasteiger partial charge in [-0.15, -0.1) is 0 Å². The average Bonchev–Trinajstić information content (AvgIpc) is 2.75. The minimum atomic E-state index is -0.987. The molecule has 0 amide bonds. The number of imidazole rings is 1. The number of nitrogens with two attached hydrogens (primary N) is 1. The second-order valence-electron chi connectivity index (χ2n) is 4.16. The predicted octanol–water partition coefficient (Wildman–Crippen LogP) is 1.14. The van der Waals surface area contributed by atoms with Crippen molar-refractivity contribution in [2.24, 2.45) is 5.73 Å². The van der Waals surface area contributed by atoms with Crippen LogP contribution in [-0.2, 0) is 11.2 Å². The highest BCUT2D eigenvalue weighted by molar-refractivity contribution is 5.73. The van der Waals surface area contributed by atoms with Gasteiger partial charge in [0, 0.05) is 18.1 Å². The zero-order valence-corrected chi connectivity index (χ0v) is 10.1. The summed E-state index contributed by atoms with van der Waals surface area (Å²) in [4.78, 5) is 14.9. The third-order valence-corrected chi connectivity index (χ3v) is 2.79. The number of hydrogen-bond acceptors (Lipinski definition) is 3. The van der Waals surface area contributed by atoms with Crippen LogP contribution in [0.5, 0.6) is 0 Å². The van der Waals surface area contributed by atoms with Crippen molar-refractivity contribution in [1.82, 2.24) is 9.55 Å². The van der Waals surface area contributed by atoms with E-state index in [0.29, 0.717) is 6.42 Å². The Labute approximate surface area is 105 Å². The van der Waals surface area contributed by atoms with Crippen molar-refractivity contribution in [3.8, 4) is 5.69 Å². The molecule has 0 radical (unpaired) electrons. The lowest BCUT2D eigenvalue weighted by atomic mass is 10.1. The first-order valence-corrected chi connectivity index (χ1v) is 5.65. The summed E-state index contributed by atoms with van der Waals surface area (Å²) in [6, 6.07) is 6.77. The van der Waals surface area contributed by atoms with Gasteiger partial charge in [-0.05, 0) is 31.0 Å². The molecule has 1 aromatic carbocycles. The number of aromatic nitrogens is 2.